The molecule has 2 aromatic rings. The van der Waals surface area contributed by atoms with Gasteiger partial charge in [-0.3, -0.25) is 0 Å². The number of rotatable bonds is 6. The summed E-state index contributed by atoms with van der Waals surface area (Å²) in [6.07, 6.45) is 0. The van der Waals surface area contributed by atoms with Crippen molar-refractivity contribution in [3.63, 3.8) is 0 Å². The summed E-state index contributed by atoms with van der Waals surface area (Å²) >= 11 is 0. The largest absolute Gasteiger partial charge is 0.497 e. The number of halogens is 1. The molecule has 1 heterocycles. The number of pyridine rings is 1. The van der Waals surface area contributed by atoms with Crippen LogP contribution in [0.5, 0.6) is 17.4 Å². The average molecular weight is 319 g/mol. The van der Waals surface area contributed by atoms with Crippen molar-refractivity contribution in [3.05, 3.63) is 47.9 Å². The molecule has 4 nitrogen and oxygen atoms in total. The van der Waals surface area contributed by atoms with E-state index in [-0.39, 0.29) is 11.3 Å². The van der Waals surface area contributed by atoms with Crippen molar-refractivity contribution in [1.82, 2.24) is 4.98 Å². The van der Waals surface area contributed by atoms with Gasteiger partial charge in [0, 0.05) is 0 Å². The second kappa shape index (κ2) is 7.42. The van der Waals surface area contributed by atoms with Gasteiger partial charge in [-0.05, 0) is 41.8 Å². The Morgan fingerprint density at radius 3 is 2.26 bits per heavy atom. The molecule has 0 unspecified atom stereocenters. The molecule has 1 aromatic heterocycles. The van der Waals surface area contributed by atoms with Gasteiger partial charge in [0.05, 0.1) is 26.0 Å². The Bertz CT molecular complexity index is 636. The van der Waals surface area contributed by atoms with E-state index in [1.807, 2.05) is 0 Å². The molecule has 0 spiro atoms. The van der Waals surface area contributed by atoms with Crippen molar-refractivity contribution in [3.8, 4) is 17.4 Å². The van der Waals surface area contributed by atoms with Gasteiger partial charge in [0.1, 0.15) is 11.5 Å². The number of methoxy groups -OCH3 is 1. The van der Waals surface area contributed by atoms with E-state index in [0.29, 0.717) is 30.4 Å². The fraction of sp³-hybridized carbons (Fsp3) is 0.389. The number of hydrogen-bond acceptors (Lipinski definition) is 4. The monoisotopic (exact) mass is 319 g/mol. The first-order chi connectivity index (χ1) is 10.9. The van der Waals surface area contributed by atoms with E-state index >= 15 is 0 Å². The normalized spacial score (nSPS) is 11.3. The van der Waals surface area contributed by atoms with Crippen LogP contribution in [0.1, 0.15) is 26.5 Å². The molecular weight excluding hydrogens is 297 g/mol. The minimum Gasteiger partial charge on any atom is -0.497 e. The smallest absolute Gasteiger partial charge is 0.256 e. The average Bonchev–Trinajstić information content (AvgIpc) is 2.50. The third kappa shape index (κ3) is 5.53. The Labute approximate surface area is 136 Å². The number of aromatic nitrogens is 1. The predicted molar refractivity (Wildman–Crippen MR) is 86.4 cm³/mol. The van der Waals surface area contributed by atoms with E-state index in [0.717, 1.165) is 0 Å². The van der Waals surface area contributed by atoms with E-state index in [1.54, 1.807) is 37.4 Å². The van der Waals surface area contributed by atoms with E-state index in [9.17, 15) is 4.39 Å². The maximum absolute atomic E-state index is 13.9. The fourth-order valence-corrected chi connectivity index (χ4v) is 1.83. The highest BCUT2D eigenvalue weighted by molar-refractivity contribution is 5.34. The maximum atomic E-state index is 13.9. The molecule has 0 aliphatic rings. The van der Waals surface area contributed by atoms with Crippen molar-refractivity contribution < 1.29 is 18.6 Å². The van der Waals surface area contributed by atoms with E-state index in [1.165, 1.54) is 6.07 Å². The van der Waals surface area contributed by atoms with Crippen LogP contribution in [0, 0.1) is 11.2 Å². The first-order valence-electron chi connectivity index (χ1n) is 7.42. The van der Waals surface area contributed by atoms with Gasteiger partial charge in [0.25, 0.3) is 5.88 Å². The first kappa shape index (κ1) is 17.2. The quantitative estimate of drug-likeness (QED) is 0.781. The van der Waals surface area contributed by atoms with Crippen LogP contribution >= 0.6 is 0 Å². The zero-order valence-electron chi connectivity index (χ0n) is 13.9. The molecule has 0 fully saturated rings. The fourth-order valence-electron chi connectivity index (χ4n) is 1.83. The third-order valence-electron chi connectivity index (χ3n) is 2.93. The highest BCUT2D eigenvalue weighted by Crippen LogP contribution is 2.25. The molecule has 5 heteroatoms. The topological polar surface area (TPSA) is 40.6 Å². The van der Waals surface area contributed by atoms with Gasteiger partial charge in [-0.1, -0.05) is 20.8 Å². The lowest BCUT2D eigenvalue weighted by Crippen LogP contribution is -2.14. The SMILES string of the molecule is COc1ccc(Oc2nc(COCC(C)(C)C)ccc2F)cc1. The van der Waals surface area contributed by atoms with Crippen molar-refractivity contribution in [2.45, 2.75) is 27.4 Å². The summed E-state index contributed by atoms with van der Waals surface area (Å²) in [7, 11) is 1.58. The highest BCUT2D eigenvalue weighted by atomic mass is 19.1. The molecule has 0 aliphatic heterocycles. The molecule has 0 atom stereocenters. The van der Waals surface area contributed by atoms with Crippen molar-refractivity contribution >= 4 is 0 Å². The van der Waals surface area contributed by atoms with Crippen molar-refractivity contribution in [2.24, 2.45) is 5.41 Å². The Kier molecular flexibility index (Phi) is 5.55. The summed E-state index contributed by atoms with van der Waals surface area (Å²) in [5, 5.41) is 0. The molecule has 0 radical (unpaired) electrons. The molecule has 124 valence electrons. The second-order valence-electron chi connectivity index (χ2n) is 6.42. The second-order valence-corrected chi connectivity index (χ2v) is 6.42. The van der Waals surface area contributed by atoms with Gasteiger partial charge in [-0.25, -0.2) is 9.37 Å². The van der Waals surface area contributed by atoms with Crippen molar-refractivity contribution in [2.75, 3.05) is 13.7 Å². The van der Waals surface area contributed by atoms with Crippen LogP contribution in [0.4, 0.5) is 4.39 Å². The summed E-state index contributed by atoms with van der Waals surface area (Å²) in [5.74, 6) is 0.618. The van der Waals surface area contributed by atoms with Gasteiger partial charge < -0.3 is 14.2 Å². The Morgan fingerprint density at radius 1 is 1.00 bits per heavy atom. The summed E-state index contributed by atoms with van der Waals surface area (Å²) in [6, 6.07) is 9.80. The Balaban J connectivity index is 2.04. The van der Waals surface area contributed by atoms with Gasteiger partial charge >= 0.3 is 0 Å². The Hall–Kier alpha value is -2.14. The molecule has 2 rings (SSSR count). The number of benzene rings is 1. The minimum atomic E-state index is -0.514. The third-order valence-corrected chi connectivity index (χ3v) is 2.93. The molecule has 0 bridgehead atoms. The zero-order chi connectivity index (χ0) is 16.9. The summed E-state index contributed by atoms with van der Waals surface area (Å²) < 4.78 is 30.0. The number of nitrogens with zero attached hydrogens (tertiary/aromatic N) is 1. The van der Waals surface area contributed by atoms with Gasteiger partial charge in [0.15, 0.2) is 5.82 Å². The predicted octanol–water partition coefficient (Wildman–Crippen LogP) is 4.58. The molecular formula is C18H22FNO3. The van der Waals surface area contributed by atoms with Gasteiger partial charge in [-0.2, -0.15) is 0 Å². The maximum Gasteiger partial charge on any atom is 0.256 e. The zero-order valence-corrected chi connectivity index (χ0v) is 13.9. The molecule has 0 amide bonds. The van der Waals surface area contributed by atoms with Gasteiger partial charge in [-0.15, -0.1) is 0 Å². The molecule has 0 N–H and O–H groups in total. The summed E-state index contributed by atoms with van der Waals surface area (Å²) in [5.41, 5.74) is 0.696. The number of hydrogen-bond donors (Lipinski definition) is 0. The summed E-state index contributed by atoms with van der Waals surface area (Å²) in [4.78, 5) is 4.18. The Morgan fingerprint density at radius 2 is 1.65 bits per heavy atom. The minimum absolute atomic E-state index is 0.0629. The lowest BCUT2D eigenvalue weighted by atomic mass is 9.99. The molecule has 0 saturated carbocycles. The first-order valence-corrected chi connectivity index (χ1v) is 7.42. The highest BCUT2D eigenvalue weighted by Gasteiger charge is 2.12. The lowest BCUT2D eigenvalue weighted by molar-refractivity contribution is 0.0578. The van der Waals surface area contributed by atoms with E-state index < -0.39 is 5.82 Å². The van der Waals surface area contributed by atoms with Crippen LogP contribution < -0.4 is 9.47 Å². The number of ether oxygens (including phenoxy) is 3. The lowest BCUT2D eigenvalue weighted by Gasteiger charge is -2.17. The van der Waals surface area contributed by atoms with Crippen LogP contribution in [0.25, 0.3) is 0 Å². The molecule has 0 aliphatic carbocycles. The van der Waals surface area contributed by atoms with Crippen LogP contribution in [0.2, 0.25) is 0 Å². The van der Waals surface area contributed by atoms with Crippen LogP contribution in [0.3, 0.4) is 0 Å². The van der Waals surface area contributed by atoms with E-state index in [2.05, 4.69) is 25.8 Å². The van der Waals surface area contributed by atoms with Crippen LogP contribution in [0.15, 0.2) is 36.4 Å². The molecule has 23 heavy (non-hydrogen) atoms. The standard InChI is InChI=1S/C18H22FNO3/c1-18(2,3)12-22-11-13-5-10-16(19)17(20-13)23-15-8-6-14(21-4)7-9-15/h5-10H,11-12H2,1-4H3. The molecule has 1 aromatic carbocycles. The van der Waals surface area contributed by atoms with E-state index in [4.69, 9.17) is 14.2 Å². The molecule has 0 saturated heterocycles. The summed E-state index contributed by atoms with van der Waals surface area (Å²) in [6.45, 7) is 7.17. The van der Waals surface area contributed by atoms with Crippen LogP contribution in [-0.4, -0.2) is 18.7 Å². The van der Waals surface area contributed by atoms with Crippen molar-refractivity contribution in [1.29, 1.82) is 0 Å². The van der Waals surface area contributed by atoms with Gasteiger partial charge in [0.2, 0.25) is 0 Å². The van der Waals surface area contributed by atoms with Crippen LogP contribution in [-0.2, 0) is 11.3 Å².